The van der Waals surface area contributed by atoms with Gasteiger partial charge in [0, 0.05) is 13.1 Å². The monoisotopic (exact) mass is 304 g/mol. The summed E-state index contributed by atoms with van der Waals surface area (Å²) in [5, 5.41) is 3.03. The molecule has 1 aliphatic rings. The molecule has 0 aromatic carbocycles. The first kappa shape index (κ1) is 15.0. The van der Waals surface area contributed by atoms with E-state index in [4.69, 9.17) is 0 Å². The summed E-state index contributed by atoms with van der Waals surface area (Å²) >= 11 is 3.42. The molecule has 0 aliphatic carbocycles. The van der Waals surface area contributed by atoms with Crippen molar-refractivity contribution in [3.63, 3.8) is 0 Å². The molecule has 1 aliphatic heterocycles. The molecule has 1 N–H and O–H groups in total. The van der Waals surface area contributed by atoms with Crippen LogP contribution in [0, 0.1) is 11.8 Å². The molecular weight excluding hydrogens is 280 g/mol. The van der Waals surface area contributed by atoms with Gasteiger partial charge in [0.15, 0.2) is 0 Å². The zero-order valence-corrected chi connectivity index (χ0v) is 12.8. The Morgan fingerprint density at radius 3 is 2.41 bits per heavy atom. The topological polar surface area (TPSA) is 32.3 Å². The molecule has 0 aromatic rings. The first-order chi connectivity index (χ1) is 8.00. The van der Waals surface area contributed by atoms with Gasteiger partial charge in [-0.3, -0.25) is 4.79 Å². The smallest absolute Gasteiger partial charge is 0.234 e. The fourth-order valence-electron chi connectivity index (χ4n) is 2.15. The SMILES string of the molecule is CC(CNC(=O)C(Br)C(C)C)CN1CCCC1. The maximum Gasteiger partial charge on any atom is 0.234 e. The Morgan fingerprint density at radius 1 is 1.29 bits per heavy atom. The summed E-state index contributed by atoms with van der Waals surface area (Å²) in [6.07, 6.45) is 2.66. The third-order valence-electron chi connectivity index (χ3n) is 3.23. The van der Waals surface area contributed by atoms with Crippen LogP contribution in [0.2, 0.25) is 0 Å². The summed E-state index contributed by atoms with van der Waals surface area (Å²) in [4.78, 5) is 14.2. The van der Waals surface area contributed by atoms with Gasteiger partial charge in [-0.15, -0.1) is 0 Å². The van der Waals surface area contributed by atoms with E-state index in [0.29, 0.717) is 11.8 Å². The highest BCUT2D eigenvalue weighted by Crippen LogP contribution is 2.12. The third-order valence-corrected chi connectivity index (χ3v) is 4.70. The van der Waals surface area contributed by atoms with Crippen molar-refractivity contribution >= 4 is 21.8 Å². The Balaban J connectivity index is 2.18. The van der Waals surface area contributed by atoms with Crippen molar-refractivity contribution in [1.82, 2.24) is 10.2 Å². The number of carbonyl (C=O) groups excluding carboxylic acids is 1. The molecule has 1 fully saturated rings. The van der Waals surface area contributed by atoms with Gasteiger partial charge < -0.3 is 10.2 Å². The number of hydrogen-bond acceptors (Lipinski definition) is 2. The van der Waals surface area contributed by atoms with Crippen LogP contribution in [0.5, 0.6) is 0 Å². The van der Waals surface area contributed by atoms with Crippen LogP contribution in [0.1, 0.15) is 33.6 Å². The summed E-state index contributed by atoms with van der Waals surface area (Å²) < 4.78 is 0. The zero-order valence-electron chi connectivity index (χ0n) is 11.2. The summed E-state index contributed by atoms with van der Waals surface area (Å²) in [6, 6.07) is 0. The predicted molar refractivity (Wildman–Crippen MR) is 75.4 cm³/mol. The van der Waals surface area contributed by atoms with Crippen LogP contribution in [0.3, 0.4) is 0 Å². The van der Waals surface area contributed by atoms with Crippen LogP contribution >= 0.6 is 15.9 Å². The molecule has 3 nitrogen and oxygen atoms in total. The normalized spacial score (nSPS) is 20.5. The van der Waals surface area contributed by atoms with Crippen LogP contribution < -0.4 is 5.32 Å². The van der Waals surface area contributed by atoms with Crippen molar-refractivity contribution in [3.8, 4) is 0 Å². The average Bonchev–Trinajstić information content (AvgIpc) is 2.77. The van der Waals surface area contributed by atoms with E-state index in [-0.39, 0.29) is 10.7 Å². The third kappa shape index (κ3) is 5.38. The van der Waals surface area contributed by atoms with Gasteiger partial charge in [0.2, 0.25) is 5.91 Å². The average molecular weight is 305 g/mol. The quantitative estimate of drug-likeness (QED) is 0.764. The molecule has 0 radical (unpaired) electrons. The molecule has 2 atom stereocenters. The standard InChI is InChI=1S/C13H25BrN2O/c1-10(2)12(14)13(17)15-8-11(3)9-16-6-4-5-7-16/h10-12H,4-9H2,1-3H3,(H,15,17). The molecule has 0 bridgehead atoms. The number of alkyl halides is 1. The number of rotatable bonds is 6. The molecule has 0 saturated carbocycles. The van der Waals surface area contributed by atoms with Gasteiger partial charge in [0.25, 0.3) is 0 Å². The van der Waals surface area contributed by atoms with E-state index >= 15 is 0 Å². The summed E-state index contributed by atoms with van der Waals surface area (Å²) in [5.41, 5.74) is 0. The molecule has 0 aromatic heterocycles. The summed E-state index contributed by atoms with van der Waals surface area (Å²) in [7, 11) is 0. The van der Waals surface area contributed by atoms with Crippen molar-refractivity contribution in [3.05, 3.63) is 0 Å². The number of nitrogens with zero attached hydrogens (tertiary/aromatic N) is 1. The second-order valence-electron chi connectivity index (χ2n) is 5.50. The van der Waals surface area contributed by atoms with Crippen molar-refractivity contribution < 1.29 is 4.79 Å². The molecule has 4 heteroatoms. The molecule has 100 valence electrons. The molecule has 2 unspecified atom stereocenters. The number of carbonyl (C=O) groups is 1. The van der Waals surface area contributed by atoms with Gasteiger partial charge in [0.05, 0.1) is 4.83 Å². The number of halogens is 1. The van der Waals surface area contributed by atoms with Gasteiger partial charge in [-0.05, 0) is 37.8 Å². The number of amides is 1. The lowest BCUT2D eigenvalue weighted by Gasteiger charge is -2.21. The van der Waals surface area contributed by atoms with Gasteiger partial charge in [-0.1, -0.05) is 36.7 Å². The molecular formula is C13H25BrN2O. The van der Waals surface area contributed by atoms with Crippen molar-refractivity contribution in [2.75, 3.05) is 26.2 Å². The Hall–Kier alpha value is -0.0900. The number of hydrogen-bond donors (Lipinski definition) is 1. The summed E-state index contributed by atoms with van der Waals surface area (Å²) in [5.74, 6) is 0.987. The number of nitrogens with one attached hydrogen (secondary N) is 1. The molecule has 1 amide bonds. The van der Waals surface area contributed by atoms with E-state index in [2.05, 4.69) is 33.1 Å². The fourth-order valence-corrected chi connectivity index (χ4v) is 2.31. The molecule has 1 saturated heterocycles. The van der Waals surface area contributed by atoms with Crippen LogP contribution in [-0.4, -0.2) is 41.8 Å². The van der Waals surface area contributed by atoms with Crippen LogP contribution in [0.25, 0.3) is 0 Å². The Morgan fingerprint density at radius 2 is 1.88 bits per heavy atom. The molecule has 1 heterocycles. The highest BCUT2D eigenvalue weighted by Gasteiger charge is 2.19. The molecule has 0 spiro atoms. The Kier molecular flexibility index (Phi) is 6.49. The van der Waals surface area contributed by atoms with E-state index in [1.54, 1.807) is 0 Å². The maximum absolute atomic E-state index is 11.8. The second-order valence-corrected chi connectivity index (χ2v) is 6.49. The maximum atomic E-state index is 11.8. The zero-order chi connectivity index (χ0) is 12.8. The Bertz CT molecular complexity index is 240. The lowest BCUT2D eigenvalue weighted by molar-refractivity contribution is -0.121. The minimum Gasteiger partial charge on any atom is -0.355 e. The van der Waals surface area contributed by atoms with Gasteiger partial charge in [-0.25, -0.2) is 0 Å². The van der Waals surface area contributed by atoms with Crippen molar-refractivity contribution in [2.45, 2.75) is 38.4 Å². The minimum absolute atomic E-state index is 0.0681. The van der Waals surface area contributed by atoms with Gasteiger partial charge >= 0.3 is 0 Å². The highest BCUT2D eigenvalue weighted by molar-refractivity contribution is 9.10. The largest absolute Gasteiger partial charge is 0.355 e. The first-order valence-corrected chi connectivity index (χ1v) is 7.56. The van der Waals surface area contributed by atoms with E-state index in [1.165, 1.54) is 25.9 Å². The first-order valence-electron chi connectivity index (χ1n) is 6.65. The van der Waals surface area contributed by atoms with Crippen LogP contribution in [0.15, 0.2) is 0 Å². The van der Waals surface area contributed by atoms with Gasteiger partial charge in [-0.2, -0.15) is 0 Å². The minimum atomic E-state index is -0.0681. The van der Waals surface area contributed by atoms with E-state index in [1.807, 2.05) is 13.8 Å². The van der Waals surface area contributed by atoms with E-state index in [0.717, 1.165) is 13.1 Å². The Labute approximate surface area is 113 Å². The number of likely N-dealkylation sites (tertiary alicyclic amines) is 1. The fraction of sp³-hybridized carbons (Fsp3) is 0.923. The second kappa shape index (κ2) is 7.37. The van der Waals surface area contributed by atoms with E-state index in [9.17, 15) is 4.79 Å². The molecule has 17 heavy (non-hydrogen) atoms. The van der Waals surface area contributed by atoms with Crippen molar-refractivity contribution in [1.29, 1.82) is 0 Å². The van der Waals surface area contributed by atoms with E-state index < -0.39 is 0 Å². The predicted octanol–water partition coefficient (Wildman–Crippen LogP) is 2.25. The lowest BCUT2D eigenvalue weighted by Crippen LogP contribution is -2.39. The summed E-state index contributed by atoms with van der Waals surface area (Å²) in [6.45, 7) is 10.6. The van der Waals surface area contributed by atoms with Crippen molar-refractivity contribution in [2.24, 2.45) is 11.8 Å². The lowest BCUT2D eigenvalue weighted by atomic mass is 10.1. The highest BCUT2D eigenvalue weighted by atomic mass is 79.9. The van der Waals surface area contributed by atoms with Crippen LogP contribution in [-0.2, 0) is 4.79 Å². The van der Waals surface area contributed by atoms with Gasteiger partial charge in [0.1, 0.15) is 0 Å². The van der Waals surface area contributed by atoms with Crippen LogP contribution in [0.4, 0.5) is 0 Å². The molecule has 1 rings (SSSR count).